The van der Waals surface area contributed by atoms with Gasteiger partial charge in [-0.05, 0) is 32.4 Å². The van der Waals surface area contributed by atoms with Gasteiger partial charge < -0.3 is 4.52 Å². The van der Waals surface area contributed by atoms with E-state index >= 15 is 0 Å². The van der Waals surface area contributed by atoms with Crippen LogP contribution in [0.1, 0.15) is 49.7 Å². The Kier molecular flexibility index (Phi) is 4.65. The van der Waals surface area contributed by atoms with E-state index in [0.717, 1.165) is 37.8 Å². The van der Waals surface area contributed by atoms with Crippen LogP contribution in [0.5, 0.6) is 0 Å². The zero-order valence-corrected chi connectivity index (χ0v) is 12.6. The van der Waals surface area contributed by atoms with Crippen molar-refractivity contribution in [1.29, 1.82) is 0 Å². The summed E-state index contributed by atoms with van der Waals surface area (Å²) in [5.74, 6) is 2.14. The number of aryl methyl sites for hydroxylation is 1. The van der Waals surface area contributed by atoms with Crippen LogP contribution in [0.3, 0.4) is 0 Å². The van der Waals surface area contributed by atoms with E-state index in [2.05, 4.69) is 27.2 Å². The van der Waals surface area contributed by atoms with Crippen LogP contribution >= 0.6 is 0 Å². The maximum absolute atomic E-state index is 5.41. The first-order valence-corrected chi connectivity index (χ1v) is 7.80. The molecule has 1 aliphatic carbocycles. The van der Waals surface area contributed by atoms with Gasteiger partial charge in [-0.25, -0.2) is 0 Å². The fourth-order valence-corrected chi connectivity index (χ4v) is 2.93. The van der Waals surface area contributed by atoms with E-state index in [1.54, 1.807) is 0 Å². The van der Waals surface area contributed by atoms with Crippen LogP contribution in [0, 0.1) is 0 Å². The molecule has 2 heterocycles. The summed E-state index contributed by atoms with van der Waals surface area (Å²) in [5, 5.41) is 8.32. The molecule has 0 aromatic carbocycles. The van der Waals surface area contributed by atoms with Gasteiger partial charge in [-0.3, -0.25) is 9.58 Å². The van der Waals surface area contributed by atoms with Gasteiger partial charge in [-0.15, -0.1) is 0 Å². The van der Waals surface area contributed by atoms with Gasteiger partial charge in [0.15, 0.2) is 5.82 Å². The van der Waals surface area contributed by atoms with Crippen LogP contribution in [0.2, 0.25) is 0 Å². The van der Waals surface area contributed by atoms with Gasteiger partial charge in [-0.2, -0.15) is 10.1 Å². The smallest absolute Gasteiger partial charge is 0.229 e. The zero-order valence-electron chi connectivity index (χ0n) is 12.6. The minimum atomic E-state index is 0.497. The lowest BCUT2D eigenvalue weighted by Crippen LogP contribution is -2.21. The highest BCUT2D eigenvalue weighted by atomic mass is 16.5. The van der Waals surface area contributed by atoms with Crippen molar-refractivity contribution in [2.75, 3.05) is 13.6 Å². The van der Waals surface area contributed by atoms with Gasteiger partial charge in [-0.1, -0.05) is 18.0 Å². The Balaban J connectivity index is 1.42. The topological polar surface area (TPSA) is 60.0 Å². The molecular weight excluding hydrogens is 266 g/mol. The van der Waals surface area contributed by atoms with Crippen molar-refractivity contribution in [2.45, 2.75) is 51.1 Å². The summed E-state index contributed by atoms with van der Waals surface area (Å²) < 4.78 is 7.37. The minimum Gasteiger partial charge on any atom is -0.339 e. The lowest BCUT2D eigenvalue weighted by molar-refractivity contribution is 0.293. The van der Waals surface area contributed by atoms with E-state index in [1.807, 2.05) is 23.1 Å². The summed E-state index contributed by atoms with van der Waals surface area (Å²) >= 11 is 0. The van der Waals surface area contributed by atoms with Gasteiger partial charge in [0, 0.05) is 31.4 Å². The van der Waals surface area contributed by atoms with Crippen LogP contribution in [-0.2, 0) is 13.1 Å². The Morgan fingerprint density at radius 2 is 2.24 bits per heavy atom. The molecular formula is C15H23N5O. The van der Waals surface area contributed by atoms with Crippen LogP contribution in [0.15, 0.2) is 23.0 Å². The Morgan fingerprint density at radius 3 is 3.00 bits per heavy atom. The monoisotopic (exact) mass is 289 g/mol. The Morgan fingerprint density at radius 1 is 1.38 bits per heavy atom. The summed E-state index contributed by atoms with van der Waals surface area (Å²) in [6, 6.07) is 1.95. The van der Waals surface area contributed by atoms with Gasteiger partial charge in [0.25, 0.3) is 0 Å². The zero-order chi connectivity index (χ0) is 14.5. The molecule has 0 radical (unpaired) electrons. The predicted molar refractivity (Wildman–Crippen MR) is 78.7 cm³/mol. The van der Waals surface area contributed by atoms with Crippen molar-refractivity contribution in [2.24, 2.45) is 0 Å². The predicted octanol–water partition coefficient (Wildman–Crippen LogP) is 2.45. The second-order valence-corrected chi connectivity index (χ2v) is 5.89. The third-order valence-electron chi connectivity index (χ3n) is 4.09. The van der Waals surface area contributed by atoms with E-state index in [4.69, 9.17) is 4.52 Å². The first-order valence-electron chi connectivity index (χ1n) is 7.80. The molecule has 21 heavy (non-hydrogen) atoms. The fraction of sp³-hybridized carbons (Fsp3) is 0.667. The SMILES string of the molecule is CN(CCCn1cccn1)Cc1noc(C2CCCC2)n1. The molecule has 0 unspecified atom stereocenters. The van der Waals surface area contributed by atoms with E-state index in [-0.39, 0.29) is 0 Å². The lowest BCUT2D eigenvalue weighted by Gasteiger charge is -2.13. The molecule has 0 saturated heterocycles. The molecule has 0 bridgehead atoms. The summed E-state index contributed by atoms with van der Waals surface area (Å²) in [5.41, 5.74) is 0. The molecule has 1 fully saturated rings. The number of nitrogens with zero attached hydrogens (tertiary/aromatic N) is 5. The molecule has 0 spiro atoms. The summed E-state index contributed by atoms with van der Waals surface area (Å²) in [4.78, 5) is 6.78. The number of aromatic nitrogens is 4. The molecule has 114 valence electrons. The number of hydrogen-bond acceptors (Lipinski definition) is 5. The lowest BCUT2D eigenvalue weighted by atomic mass is 10.1. The molecule has 2 aromatic heterocycles. The van der Waals surface area contributed by atoms with Crippen molar-refractivity contribution in [3.63, 3.8) is 0 Å². The third kappa shape index (κ3) is 3.91. The molecule has 0 amide bonds. The van der Waals surface area contributed by atoms with Crippen molar-refractivity contribution in [1.82, 2.24) is 24.8 Å². The summed E-state index contributed by atoms with van der Waals surface area (Å²) in [7, 11) is 2.09. The molecule has 1 aliphatic rings. The molecule has 2 aromatic rings. The molecule has 6 heteroatoms. The highest BCUT2D eigenvalue weighted by Crippen LogP contribution is 2.32. The van der Waals surface area contributed by atoms with Crippen LogP contribution in [-0.4, -0.2) is 38.4 Å². The molecule has 0 atom stereocenters. The number of rotatable bonds is 7. The maximum atomic E-state index is 5.41. The van der Waals surface area contributed by atoms with Crippen molar-refractivity contribution in [3.05, 3.63) is 30.2 Å². The molecule has 0 N–H and O–H groups in total. The Hall–Kier alpha value is -1.69. The van der Waals surface area contributed by atoms with Gasteiger partial charge in [0.1, 0.15) is 0 Å². The van der Waals surface area contributed by atoms with Crippen LogP contribution < -0.4 is 0 Å². The quantitative estimate of drug-likeness (QED) is 0.783. The van der Waals surface area contributed by atoms with Crippen LogP contribution in [0.4, 0.5) is 0 Å². The minimum absolute atomic E-state index is 0.497. The second kappa shape index (κ2) is 6.85. The first kappa shape index (κ1) is 14.3. The summed E-state index contributed by atoms with van der Waals surface area (Å²) in [6.45, 7) is 2.68. The van der Waals surface area contributed by atoms with Crippen molar-refractivity contribution < 1.29 is 4.52 Å². The average molecular weight is 289 g/mol. The van der Waals surface area contributed by atoms with E-state index in [0.29, 0.717) is 5.92 Å². The third-order valence-corrected chi connectivity index (χ3v) is 4.09. The average Bonchev–Trinajstić information content (AvgIpc) is 3.21. The highest BCUT2D eigenvalue weighted by molar-refractivity contribution is 4.96. The highest BCUT2D eigenvalue weighted by Gasteiger charge is 2.23. The van der Waals surface area contributed by atoms with E-state index in [1.165, 1.54) is 25.7 Å². The van der Waals surface area contributed by atoms with E-state index < -0.39 is 0 Å². The van der Waals surface area contributed by atoms with Crippen molar-refractivity contribution in [3.8, 4) is 0 Å². The second-order valence-electron chi connectivity index (χ2n) is 5.89. The summed E-state index contributed by atoms with van der Waals surface area (Å²) in [6.07, 6.45) is 9.83. The van der Waals surface area contributed by atoms with Crippen molar-refractivity contribution >= 4 is 0 Å². The normalized spacial score (nSPS) is 16.1. The Bertz CT molecular complexity index is 530. The standard InChI is InChI=1S/C15H23N5O/c1-19(9-5-11-20-10-4-8-16-20)12-14-17-15(21-18-14)13-6-2-3-7-13/h4,8,10,13H,2-3,5-7,9,11-12H2,1H3. The molecule has 3 rings (SSSR count). The first-order chi connectivity index (χ1) is 10.3. The van der Waals surface area contributed by atoms with Gasteiger partial charge >= 0.3 is 0 Å². The fourth-order valence-electron chi connectivity index (χ4n) is 2.93. The number of hydrogen-bond donors (Lipinski definition) is 0. The maximum Gasteiger partial charge on any atom is 0.229 e. The molecule has 0 aliphatic heterocycles. The van der Waals surface area contributed by atoms with Crippen LogP contribution in [0.25, 0.3) is 0 Å². The van der Waals surface area contributed by atoms with Gasteiger partial charge in [0.05, 0.1) is 6.54 Å². The van der Waals surface area contributed by atoms with E-state index in [9.17, 15) is 0 Å². The molecule has 1 saturated carbocycles. The largest absolute Gasteiger partial charge is 0.339 e. The molecule has 6 nitrogen and oxygen atoms in total. The Labute approximate surface area is 125 Å². The van der Waals surface area contributed by atoms with Gasteiger partial charge in [0.2, 0.25) is 5.89 Å².